The molecular formula is C28H34N2O5. The van der Waals surface area contributed by atoms with Gasteiger partial charge in [-0.2, -0.15) is 0 Å². The van der Waals surface area contributed by atoms with E-state index in [-0.39, 0.29) is 42.9 Å². The Bertz CT molecular complexity index is 1030. The summed E-state index contributed by atoms with van der Waals surface area (Å²) in [5, 5.41) is 12.0. The molecule has 2 N–H and O–H groups in total. The Balaban J connectivity index is 1.24. The Hall–Kier alpha value is -3.35. The minimum absolute atomic E-state index is 0.0318. The predicted molar refractivity (Wildman–Crippen MR) is 133 cm³/mol. The fourth-order valence-electron chi connectivity index (χ4n) is 5.39. The van der Waals surface area contributed by atoms with Gasteiger partial charge in [-0.15, -0.1) is 0 Å². The van der Waals surface area contributed by atoms with E-state index in [1.54, 1.807) is 0 Å². The summed E-state index contributed by atoms with van der Waals surface area (Å²) in [6, 6.07) is 16.3. The number of carbonyl (C=O) groups is 3. The van der Waals surface area contributed by atoms with Gasteiger partial charge in [-0.05, 0) is 67.7 Å². The Morgan fingerprint density at radius 3 is 2.09 bits per heavy atom. The number of rotatable bonds is 8. The summed E-state index contributed by atoms with van der Waals surface area (Å²) in [4.78, 5) is 37.8. The SMILES string of the molecule is CC(C)N(CC(=O)O)C(=O)C1CCC(CNC(=O)OCC2c3ccccc3-c3ccccc32)CC1. The Morgan fingerprint density at radius 2 is 1.54 bits per heavy atom. The Morgan fingerprint density at radius 1 is 0.971 bits per heavy atom. The first-order valence-electron chi connectivity index (χ1n) is 12.5. The molecule has 0 spiro atoms. The summed E-state index contributed by atoms with van der Waals surface area (Å²) in [6.45, 7) is 4.21. The van der Waals surface area contributed by atoms with Gasteiger partial charge < -0.3 is 20.1 Å². The van der Waals surface area contributed by atoms with Gasteiger partial charge in [0.05, 0.1) is 0 Å². The van der Waals surface area contributed by atoms with Crippen LogP contribution in [0.1, 0.15) is 56.6 Å². The first-order valence-corrected chi connectivity index (χ1v) is 12.5. The van der Waals surface area contributed by atoms with Crippen molar-refractivity contribution >= 4 is 18.0 Å². The number of alkyl carbamates (subject to hydrolysis) is 1. The topological polar surface area (TPSA) is 95.9 Å². The molecule has 2 aromatic rings. The number of carboxylic acid groups (broad SMARTS) is 1. The second kappa shape index (κ2) is 10.9. The minimum Gasteiger partial charge on any atom is -0.480 e. The minimum atomic E-state index is -0.993. The maximum absolute atomic E-state index is 12.8. The normalized spacial score (nSPS) is 19.1. The standard InChI is InChI=1S/C28H34N2O5/c1-18(2)30(16-26(31)32)27(33)20-13-11-19(12-14-20)15-29-28(34)35-17-25-23-9-5-3-7-21(23)22-8-4-6-10-24(22)25/h3-10,18-20,25H,11-17H2,1-2H3,(H,29,34)(H,31,32). The zero-order valence-corrected chi connectivity index (χ0v) is 20.4. The highest BCUT2D eigenvalue weighted by Crippen LogP contribution is 2.44. The van der Waals surface area contributed by atoms with Crippen molar-refractivity contribution in [3.8, 4) is 11.1 Å². The molecule has 0 aliphatic heterocycles. The van der Waals surface area contributed by atoms with Crippen LogP contribution in [0.25, 0.3) is 11.1 Å². The average Bonchev–Trinajstić information content (AvgIpc) is 3.18. The van der Waals surface area contributed by atoms with E-state index in [1.165, 1.54) is 27.2 Å². The highest BCUT2D eigenvalue weighted by atomic mass is 16.5. The van der Waals surface area contributed by atoms with Crippen LogP contribution in [0.4, 0.5) is 4.79 Å². The maximum atomic E-state index is 12.8. The first kappa shape index (κ1) is 24.8. The number of carboxylic acids is 1. The van der Waals surface area contributed by atoms with E-state index in [1.807, 2.05) is 38.1 Å². The largest absolute Gasteiger partial charge is 0.480 e. The molecule has 1 saturated carbocycles. The first-order chi connectivity index (χ1) is 16.8. The lowest BCUT2D eigenvalue weighted by atomic mass is 9.81. The van der Waals surface area contributed by atoms with Crippen molar-refractivity contribution in [2.45, 2.75) is 51.5 Å². The van der Waals surface area contributed by atoms with Crippen molar-refractivity contribution in [3.05, 3.63) is 59.7 Å². The lowest BCUT2D eigenvalue weighted by molar-refractivity contribution is -0.148. The number of nitrogens with one attached hydrogen (secondary N) is 1. The molecule has 0 unspecified atom stereocenters. The van der Waals surface area contributed by atoms with E-state index in [9.17, 15) is 14.4 Å². The number of benzene rings is 2. The summed E-state index contributed by atoms with van der Waals surface area (Å²) in [6.07, 6.45) is 2.63. The van der Waals surface area contributed by atoms with E-state index in [4.69, 9.17) is 9.84 Å². The number of amides is 2. The number of carbonyl (C=O) groups excluding carboxylic acids is 2. The average molecular weight is 479 g/mol. The number of aliphatic carboxylic acids is 1. The van der Waals surface area contributed by atoms with Gasteiger partial charge in [0.1, 0.15) is 13.2 Å². The molecule has 2 amide bonds. The monoisotopic (exact) mass is 478 g/mol. The Kier molecular flexibility index (Phi) is 7.73. The van der Waals surface area contributed by atoms with Crippen molar-refractivity contribution in [1.82, 2.24) is 10.2 Å². The summed E-state index contributed by atoms with van der Waals surface area (Å²) < 4.78 is 5.62. The highest BCUT2D eigenvalue weighted by molar-refractivity contribution is 5.83. The van der Waals surface area contributed by atoms with Gasteiger partial charge in [-0.25, -0.2) is 4.79 Å². The molecule has 2 aliphatic carbocycles. The molecule has 0 saturated heterocycles. The van der Waals surface area contributed by atoms with E-state index in [0.717, 1.165) is 12.8 Å². The van der Waals surface area contributed by atoms with Crippen molar-refractivity contribution in [2.24, 2.45) is 11.8 Å². The van der Waals surface area contributed by atoms with E-state index in [2.05, 4.69) is 29.6 Å². The number of hydrogen-bond acceptors (Lipinski definition) is 4. The summed E-state index contributed by atoms with van der Waals surface area (Å²) in [5.74, 6) is -0.906. The van der Waals surface area contributed by atoms with Crippen LogP contribution in [0, 0.1) is 11.8 Å². The molecule has 0 bridgehead atoms. The van der Waals surface area contributed by atoms with E-state index in [0.29, 0.717) is 19.4 Å². The van der Waals surface area contributed by atoms with Crippen molar-refractivity contribution < 1.29 is 24.2 Å². The maximum Gasteiger partial charge on any atom is 0.407 e. The van der Waals surface area contributed by atoms with Crippen LogP contribution in [0.5, 0.6) is 0 Å². The van der Waals surface area contributed by atoms with Gasteiger partial charge in [0, 0.05) is 24.4 Å². The summed E-state index contributed by atoms with van der Waals surface area (Å²) >= 11 is 0. The Labute approximate surface area is 206 Å². The van der Waals surface area contributed by atoms with Gasteiger partial charge in [-0.3, -0.25) is 9.59 Å². The quantitative estimate of drug-likeness (QED) is 0.576. The molecule has 2 aromatic carbocycles. The molecule has 0 heterocycles. The van der Waals surface area contributed by atoms with Gasteiger partial charge in [-0.1, -0.05) is 48.5 Å². The van der Waals surface area contributed by atoms with Crippen molar-refractivity contribution in [2.75, 3.05) is 19.7 Å². The van der Waals surface area contributed by atoms with Crippen LogP contribution >= 0.6 is 0 Å². The summed E-state index contributed by atoms with van der Waals surface area (Å²) in [5.41, 5.74) is 4.76. The molecule has 7 nitrogen and oxygen atoms in total. The van der Waals surface area contributed by atoms with Crippen LogP contribution in [-0.2, 0) is 14.3 Å². The zero-order valence-electron chi connectivity index (χ0n) is 20.4. The molecule has 4 rings (SSSR count). The smallest absolute Gasteiger partial charge is 0.407 e. The third-order valence-electron chi connectivity index (χ3n) is 7.29. The third kappa shape index (κ3) is 5.66. The third-order valence-corrected chi connectivity index (χ3v) is 7.29. The molecular weight excluding hydrogens is 444 g/mol. The van der Waals surface area contributed by atoms with Gasteiger partial charge in [0.15, 0.2) is 0 Å². The summed E-state index contributed by atoms with van der Waals surface area (Å²) in [7, 11) is 0. The number of hydrogen-bond donors (Lipinski definition) is 2. The van der Waals surface area contributed by atoms with Gasteiger partial charge in [0.25, 0.3) is 0 Å². The van der Waals surface area contributed by atoms with Crippen LogP contribution in [0.2, 0.25) is 0 Å². The van der Waals surface area contributed by atoms with Crippen molar-refractivity contribution in [3.63, 3.8) is 0 Å². The van der Waals surface area contributed by atoms with Gasteiger partial charge >= 0.3 is 12.1 Å². The number of fused-ring (bicyclic) bond motifs is 3. The second-order valence-electron chi connectivity index (χ2n) is 9.88. The molecule has 2 aliphatic rings. The second-order valence-corrected chi connectivity index (χ2v) is 9.88. The van der Waals surface area contributed by atoms with E-state index < -0.39 is 12.1 Å². The molecule has 186 valence electrons. The molecule has 35 heavy (non-hydrogen) atoms. The lowest BCUT2D eigenvalue weighted by Crippen LogP contribution is -2.45. The highest BCUT2D eigenvalue weighted by Gasteiger charge is 2.32. The van der Waals surface area contributed by atoms with Crippen LogP contribution in [0.3, 0.4) is 0 Å². The molecule has 1 fully saturated rings. The fraction of sp³-hybridized carbons (Fsp3) is 0.464. The number of nitrogens with zero attached hydrogens (tertiary/aromatic N) is 1. The van der Waals surface area contributed by atoms with Crippen LogP contribution in [0.15, 0.2) is 48.5 Å². The van der Waals surface area contributed by atoms with Crippen molar-refractivity contribution in [1.29, 1.82) is 0 Å². The van der Waals surface area contributed by atoms with Crippen LogP contribution in [-0.4, -0.2) is 53.7 Å². The lowest BCUT2D eigenvalue weighted by Gasteiger charge is -2.33. The van der Waals surface area contributed by atoms with Gasteiger partial charge in [0.2, 0.25) is 5.91 Å². The predicted octanol–water partition coefficient (Wildman–Crippen LogP) is 4.65. The molecule has 0 atom stereocenters. The molecule has 0 aromatic heterocycles. The van der Waals surface area contributed by atoms with Crippen LogP contribution < -0.4 is 5.32 Å². The molecule has 7 heteroatoms. The van der Waals surface area contributed by atoms with E-state index >= 15 is 0 Å². The zero-order chi connectivity index (χ0) is 24.9. The number of ether oxygens (including phenoxy) is 1. The fourth-order valence-corrected chi connectivity index (χ4v) is 5.39. The molecule has 0 radical (unpaired) electrons.